The van der Waals surface area contributed by atoms with Crippen LogP contribution in [0.3, 0.4) is 0 Å². The maximum absolute atomic E-state index is 8.60. The lowest BCUT2D eigenvalue weighted by Gasteiger charge is -1.89. The number of rotatable bonds is 4. The van der Waals surface area contributed by atoms with Crippen LogP contribution in [-0.4, -0.2) is 0 Å². The molecule has 0 rings (SSSR count). The first-order chi connectivity index (χ1) is 5.35. The van der Waals surface area contributed by atoms with Crippen LogP contribution in [-0.2, 0) is 0 Å². The van der Waals surface area contributed by atoms with Gasteiger partial charge in [0.25, 0.3) is 0 Å². The molecule has 1 nitrogen and oxygen atoms in total. The van der Waals surface area contributed by atoms with Crippen molar-refractivity contribution in [3.8, 4) is 6.07 Å². The summed E-state index contributed by atoms with van der Waals surface area (Å²) in [5.74, 6) is 0. The summed E-state index contributed by atoms with van der Waals surface area (Å²) in [6, 6.07) is 2.17. The van der Waals surface area contributed by atoms with Gasteiger partial charge in [-0.1, -0.05) is 32.4 Å². The van der Waals surface area contributed by atoms with Crippen LogP contribution >= 0.6 is 0 Å². The lowest BCUT2D eigenvalue weighted by Crippen LogP contribution is -1.75. The molecular formula is C10H15N. The third kappa shape index (κ3) is 5.42. The van der Waals surface area contributed by atoms with E-state index < -0.39 is 0 Å². The first kappa shape index (κ1) is 9.97. The summed E-state index contributed by atoms with van der Waals surface area (Å²) in [6.07, 6.45) is 8.86. The Morgan fingerprint density at radius 3 is 2.64 bits per heavy atom. The summed E-state index contributed by atoms with van der Waals surface area (Å²) in [5.41, 5.74) is 0.872. The highest BCUT2D eigenvalue weighted by Gasteiger charge is 1.88. The van der Waals surface area contributed by atoms with Crippen molar-refractivity contribution in [1.29, 1.82) is 5.26 Å². The van der Waals surface area contributed by atoms with Crippen LogP contribution in [0.1, 0.15) is 33.1 Å². The van der Waals surface area contributed by atoms with Crippen LogP contribution in [0, 0.1) is 11.3 Å². The molecule has 0 fully saturated rings. The smallest absolute Gasteiger partial charge is 0.0947 e. The molecule has 0 heterocycles. The van der Waals surface area contributed by atoms with E-state index in [0.717, 1.165) is 24.8 Å². The lowest BCUT2D eigenvalue weighted by atomic mass is 10.1. The van der Waals surface area contributed by atoms with E-state index in [2.05, 4.69) is 19.9 Å². The number of allylic oxidation sites excluding steroid dienone is 4. The standard InChI is InChI=1S/C10H15N/c1-3-5-6-8-10(9-11)7-4-2/h5-6,8H,3-4,7H2,1-2H3/b6-5+,10-8+. The third-order valence-corrected chi connectivity index (χ3v) is 1.33. The average Bonchev–Trinajstić information content (AvgIpc) is 2.03. The summed E-state index contributed by atoms with van der Waals surface area (Å²) in [5, 5.41) is 8.60. The monoisotopic (exact) mass is 149 g/mol. The summed E-state index contributed by atoms with van der Waals surface area (Å²) in [4.78, 5) is 0. The number of hydrogen-bond donors (Lipinski definition) is 0. The summed E-state index contributed by atoms with van der Waals surface area (Å²) < 4.78 is 0. The Balaban J connectivity index is 3.93. The molecule has 0 saturated carbocycles. The predicted octanol–water partition coefficient (Wildman–Crippen LogP) is 3.20. The fourth-order valence-electron chi connectivity index (χ4n) is 0.766. The van der Waals surface area contributed by atoms with Gasteiger partial charge < -0.3 is 0 Å². The van der Waals surface area contributed by atoms with Crippen molar-refractivity contribution < 1.29 is 0 Å². The molecule has 0 aliphatic heterocycles. The van der Waals surface area contributed by atoms with Crippen LogP contribution in [0.5, 0.6) is 0 Å². The molecule has 0 radical (unpaired) electrons. The Bertz CT molecular complexity index is 182. The van der Waals surface area contributed by atoms with E-state index in [4.69, 9.17) is 5.26 Å². The lowest BCUT2D eigenvalue weighted by molar-refractivity contribution is 0.929. The molecule has 0 spiro atoms. The van der Waals surface area contributed by atoms with Crippen molar-refractivity contribution in [2.45, 2.75) is 33.1 Å². The molecule has 0 aromatic rings. The van der Waals surface area contributed by atoms with Crippen molar-refractivity contribution >= 4 is 0 Å². The Labute approximate surface area is 69.0 Å². The van der Waals surface area contributed by atoms with E-state index in [1.54, 1.807) is 0 Å². The second-order valence-electron chi connectivity index (χ2n) is 2.39. The fraction of sp³-hybridized carbons (Fsp3) is 0.500. The summed E-state index contributed by atoms with van der Waals surface area (Å²) in [7, 11) is 0. The van der Waals surface area contributed by atoms with Gasteiger partial charge >= 0.3 is 0 Å². The molecule has 0 aromatic heterocycles. The Morgan fingerprint density at radius 1 is 1.45 bits per heavy atom. The van der Waals surface area contributed by atoms with Crippen molar-refractivity contribution in [2.24, 2.45) is 0 Å². The van der Waals surface area contributed by atoms with Gasteiger partial charge in [-0.25, -0.2) is 0 Å². The van der Waals surface area contributed by atoms with E-state index in [0.29, 0.717) is 0 Å². The largest absolute Gasteiger partial charge is 0.193 e. The fourth-order valence-corrected chi connectivity index (χ4v) is 0.766. The van der Waals surface area contributed by atoms with E-state index in [-0.39, 0.29) is 0 Å². The van der Waals surface area contributed by atoms with Gasteiger partial charge in [0.05, 0.1) is 6.07 Å². The molecule has 0 unspecified atom stereocenters. The van der Waals surface area contributed by atoms with E-state index in [1.165, 1.54) is 0 Å². The van der Waals surface area contributed by atoms with Crippen molar-refractivity contribution in [3.05, 3.63) is 23.8 Å². The third-order valence-electron chi connectivity index (χ3n) is 1.33. The minimum atomic E-state index is 0.872. The highest BCUT2D eigenvalue weighted by molar-refractivity contribution is 5.25. The molecule has 0 atom stereocenters. The zero-order valence-corrected chi connectivity index (χ0v) is 7.30. The molecular weight excluding hydrogens is 134 g/mol. The molecule has 60 valence electrons. The van der Waals surface area contributed by atoms with Crippen molar-refractivity contribution in [2.75, 3.05) is 0 Å². The SMILES string of the molecule is CC/C=C/C=C(/C#N)CCC. The van der Waals surface area contributed by atoms with Gasteiger partial charge in [-0.3, -0.25) is 0 Å². The first-order valence-corrected chi connectivity index (χ1v) is 4.10. The minimum absolute atomic E-state index is 0.872. The van der Waals surface area contributed by atoms with Crippen molar-refractivity contribution in [1.82, 2.24) is 0 Å². The van der Waals surface area contributed by atoms with Crippen LogP contribution in [0.4, 0.5) is 0 Å². The normalized spacial score (nSPS) is 11.9. The van der Waals surface area contributed by atoms with Gasteiger partial charge in [0.2, 0.25) is 0 Å². The summed E-state index contributed by atoms with van der Waals surface area (Å²) >= 11 is 0. The molecule has 11 heavy (non-hydrogen) atoms. The maximum Gasteiger partial charge on any atom is 0.0947 e. The quantitative estimate of drug-likeness (QED) is 0.445. The molecule has 0 aliphatic rings. The Morgan fingerprint density at radius 2 is 2.18 bits per heavy atom. The van der Waals surface area contributed by atoms with E-state index in [9.17, 15) is 0 Å². The molecule has 0 saturated heterocycles. The second kappa shape index (κ2) is 7.08. The molecule has 1 heteroatoms. The van der Waals surface area contributed by atoms with Crippen LogP contribution < -0.4 is 0 Å². The Hall–Kier alpha value is -1.03. The number of nitriles is 1. The maximum atomic E-state index is 8.60. The van der Waals surface area contributed by atoms with Gasteiger partial charge in [0.15, 0.2) is 0 Å². The topological polar surface area (TPSA) is 23.8 Å². The highest BCUT2D eigenvalue weighted by Crippen LogP contribution is 2.02. The highest BCUT2D eigenvalue weighted by atomic mass is 14.2. The van der Waals surface area contributed by atoms with Gasteiger partial charge in [0, 0.05) is 5.57 Å². The van der Waals surface area contributed by atoms with Gasteiger partial charge in [-0.15, -0.1) is 0 Å². The zero-order valence-electron chi connectivity index (χ0n) is 7.30. The predicted molar refractivity (Wildman–Crippen MR) is 48.0 cm³/mol. The Kier molecular flexibility index (Phi) is 6.42. The second-order valence-corrected chi connectivity index (χ2v) is 2.39. The van der Waals surface area contributed by atoms with Crippen molar-refractivity contribution in [3.63, 3.8) is 0 Å². The number of hydrogen-bond acceptors (Lipinski definition) is 1. The van der Waals surface area contributed by atoms with Crippen LogP contribution in [0.25, 0.3) is 0 Å². The molecule has 0 aliphatic carbocycles. The van der Waals surface area contributed by atoms with Crippen LogP contribution in [0.15, 0.2) is 23.8 Å². The van der Waals surface area contributed by atoms with Gasteiger partial charge in [-0.05, 0) is 18.9 Å². The average molecular weight is 149 g/mol. The minimum Gasteiger partial charge on any atom is -0.193 e. The summed E-state index contributed by atoms with van der Waals surface area (Å²) in [6.45, 7) is 4.16. The molecule has 0 bridgehead atoms. The van der Waals surface area contributed by atoms with Gasteiger partial charge in [0.1, 0.15) is 0 Å². The molecule has 0 aromatic carbocycles. The molecule has 0 N–H and O–H groups in total. The van der Waals surface area contributed by atoms with E-state index in [1.807, 2.05) is 18.2 Å². The van der Waals surface area contributed by atoms with Gasteiger partial charge in [-0.2, -0.15) is 5.26 Å². The van der Waals surface area contributed by atoms with Crippen LogP contribution in [0.2, 0.25) is 0 Å². The zero-order chi connectivity index (χ0) is 8.53. The first-order valence-electron chi connectivity index (χ1n) is 4.10. The van der Waals surface area contributed by atoms with E-state index >= 15 is 0 Å². The number of nitrogens with zero attached hydrogens (tertiary/aromatic N) is 1. The molecule has 0 amide bonds.